The lowest BCUT2D eigenvalue weighted by molar-refractivity contribution is -0.139. The van der Waals surface area contributed by atoms with Crippen molar-refractivity contribution in [1.29, 1.82) is 0 Å². The fourth-order valence-corrected chi connectivity index (χ4v) is 6.65. The Kier molecular flexibility index (Phi) is 8.39. The second-order valence-corrected chi connectivity index (χ2v) is 12.5. The fraction of sp³-hybridized carbons (Fsp3) is 0.576. The third-order valence-corrected chi connectivity index (χ3v) is 9.09. The van der Waals surface area contributed by atoms with Crippen LogP contribution in [0.3, 0.4) is 0 Å². The predicted octanol–water partition coefficient (Wildman–Crippen LogP) is 6.40. The molecule has 0 spiro atoms. The van der Waals surface area contributed by atoms with E-state index in [0.29, 0.717) is 23.3 Å². The van der Waals surface area contributed by atoms with Crippen molar-refractivity contribution >= 4 is 28.4 Å². The molecule has 41 heavy (non-hydrogen) atoms. The third-order valence-electron chi connectivity index (χ3n) is 9.09. The van der Waals surface area contributed by atoms with Crippen molar-refractivity contribution in [3.05, 3.63) is 41.6 Å². The van der Waals surface area contributed by atoms with Crippen molar-refractivity contribution in [2.24, 2.45) is 5.41 Å². The Morgan fingerprint density at radius 3 is 2.32 bits per heavy atom. The van der Waals surface area contributed by atoms with Crippen LogP contribution in [0.4, 0.5) is 0 Å². The van der Waals surface area contributed by atoms with Gasteiger partial charge in [-0.15, -0.1) is 0 Å². The Balaban J connectivity index is 1.34. The normalized spacial score (nSPS) is 21.3. The van der Waals surface area contributed by atoms with E-state index in [4.69, 9.17) is 0 Å². The van der Waals surface area contributed by atoms with Crippen LogP contribution in [0.2, 0.25) is 0 Å². The standard InChI is InChI=1S/C33H43N5O3/c1-6-7-8-9-10-11-12-13-28(40)27-16-33(5)17-29(33)38(27)30(41)20-37-32-21(2)14-24(25-18-34-23(4)35-19-25)15-26(32)31(36-37)22(3)39/h14-15,18-19,27,29H,6-13,16-17,20H2,1-5H3/t27-,29+,33-/m0/s1. The lowest BCUT2D eigenvalue weighted by atomic mass is 9.96. The average Bonchev–Trinajstić information content (AvgIpc) is 3.29. The summed E-state index contributed by atoms with van der Waals surface area (Å²) in [4.78, 5) is 50.3. The first-order valence-electron chi connectivity index (χ1n) is 15.3. The van der Waals surface area contributed by atoms with Crippen LogP contribution in [0.15, 0.2) is 24.5 Å². The second-order valence-electron chi connectivity index (χ2n) is 12.5. The summed E-state index contributed by atoms with van der Waals surface area (Å²) in [6.07, 6.45) is 13.9. The molecule has 1 amide bonds. The second kappa shape index (κ2) is 11.8. The number of unbranched alkanes of at least 4 members (excludes halogenated alkanes) is 6. The number of ketones is 2. The van der Waals surface area contributed by atoms with Crippen LogP contribution in [0.5, 0.6) is 0 Å². The molecule has 1 aliphatic carbocycles. The Morgan fingerprint density at radius 2 is 1.63 bits per heavy atom. The number of hydrogen-bond donors (Lipinski definition) is 0. The summed E-state index contributed by atoms with van der Waals surface area (Å²) in [5, 5.41) is 5.34. The first-order chi connectivity index (χ1) is 19.6. The molecule has 3 atom stereocenters. The van der Waals surface area contributed by atoms with E-state index < -0.39 is 0 Å². The van der Waals surface area contributed by atoms with Crippen molar-refractivity contribution in [2.45, 2.75) is 117 Å². The summed E-state index contributed by atoms with van der Waals surface area (Å²) in [5.41, 5.74) is 3.81. The van der Waals surface area contributed by atoms with Crippen molar-refractivity contribution in [1.82, 2.24) is 24.6 Å². The molecule has 0 radical (unpaired) electrons. The Labute approximate surface area is 242 Å². The number of amides is 1. The maximum Gasteiger partial charge on any atom is 0.245 e. The number of fused-ring (bicyclic) bond motifs is 2. The van der Waals surface area contributed by atoms with E-state index in [1.54, 1.807) is 17.1 Å². The largest absolute Gasteiger partial charge is 0.327 e. The minimum absolute atomic E-state index is 0.00536. The van der Waals surface area contributed by atoms with E-state index >= 15 is 0 Å². The molecule has 2 aliphatic rings. The number of likely N-dealkylation sites (tertiary alicyclic amines) is 1. The van der Waals surface area contributed by atoms with Gasteiger partial charge in [-0.1, -0.05) is 52.4 Å². The number of hydrogen-bond acceptors (Lipinski definition) is 6. The molecule has 8 heteroatoms. The van der Waals surface area contributed by atoms with Crippen molar-refractivity contribution < 1.29 is 14.4 Å². The number of carbonyl (C=O) groups is 3. The molecule has 1 aliphatic heterocycles. The zero-order valence-corrected chi connectivity index (χ0v) is 25.2. The Bertz CT molecular complexity index is 1460. The molecular weight excluding hydrogens is 514 g/mol. The molecule has 3 aromatic rings. The number of carbonyl (C=O) groups excluding carboxylic acids is 3. The fourth-order valence-electron chi connectivity index (χ4n) is 6.65. The van der Waals surface area contributed by atoms with Crippen molar-refractivity contribution in [2.75, 3.05) is 0 Å². The monoisotopic (exact) mass is 557 g/mol. The molecule has 0 N–H and O–H groups in total. The van der Waals surface area contributed by atoms with Crippen LogP contribution in [0.25, 0.3) is 22.0 Å². The zero-order chi connectivity index (χ0) is 29.3. The van der Waals surface area contributed by atoms with Gasteiger partial charge in [-0.25, -0.2) is 9.97 Å². The summed E-state index contributed by atoms with van der Waals surface area (Å²) in [6.45, 7) is 9.72. The molecule has 5 rings (SSSR count). The Hall–Kier alpha value is -3.42. The highest BCUT2D eigenvalue weighted by atomic mass is 16.2. The van der Waals surface area contributed by atoms with Gasteiger partial charge in [-0.2, -0.15) is 5.10 Å². The lowest BCUT2D eigenvalue weighted by Gasteiger charge is -2.27. The number of rotatable bonds is 13. The van der Waals surface area contributed by atoms with Gasteiger partial charge in [0.2, 0.25) is 5.91 Å². The van der Waals surface area contributed by atoms with Crippen LogP contribution in [-0.2, 0) is 16.1 Å². The minimum atomic E-state index is -0.352. The van der Waals surface area contributed by atoms with E-state index in [9.17, 15) is 14.4 Å². The van der Waals surface area contributed by atoms with Gasteiger partial charge in [-0.05, 0) is 61.8 Å². The van der Waals surface area contributed by atoms with Gasteiger partial charge in [0.15, 0.2) is 11.6 Å². The molecule has 8 nitrogen and oxygen atoms in total. The SMILES string of the molecule is CCCCCCCCCC(=O)[C@@H]1C[C@@]2(C)C[C@H]2N1C(=O)Cn1nc(C(C)=O)c2cc(-c3cnc(C)nc3)cc(C)c21. The number of benzene rings is 1. The Morgan fingerprint density at radius 1 is 0.951 bits per heavy atom. The number of piperidine rings is 1. The molecule has 3 heterocycles. The highest BCUT2D eigenvalue weighted by Gasteiger charge is 2.64. The van der Waals surface area contributed by atoms with Gasteiger partial charge in [0.25, 0.3) is 0 Å². The minimum Gasteiger partial charge on any atom is -0.327 e. The summed E-state index contributed by atoms with van der Waals surface area (Å²) in [5.74, 6) is 0.632. The molecule has 1 saturated carbocycles. The molecule has 2 fully saturated rings. The first kappa shape index (κ1) is 29.1. The summed E-state index contributed by atoms with van der Waals surface area (Å²) < 4.78 is 1.66. The predicted molar refractivity (Wildman–Crippen MR) is 160 cm³/mol. The van der Waals surface area contributed by atoms with Crippen molar-refractivity contribution in [3.63, 3.8) is 0 Å². The van der Waals surface area contributed by atoms with Crippen molar-refractivity contribution in [3.8, 4) is 11.1 Å². The van der Waals surface area contributed by atoms with Crippen LogP contribution in [0.1, 0.15) is 107 Å². The number of Topliss-reactive ketones (excluding diaryl/α,β-unsaturated/α-hetero) is 2. The van der Waals surface area contributed by atoms with E-state index in [1.807, 2.05) is 30.9 Å². The summed E-state index contributed by atoms with van der Waals surface area (Å²) >= 11 is 0. The van der Waals surface area contributed by atoms with E-state index in [-0.39, 0.29) is 41.5 Å². The molecule has 2 aromatic heterocycles. The third kappa shape index (κ3) is 5.97. The smallest absolute Gasteiger partial charge is 0.245 e. The van der Waals surface area contributed by atoms with E-state index in [0.717, 1.165) is 47.9 Å². The van der Waals surface area contributed by atoms with Gasteiger partial charge in [0, 0.05) is 42.7 Å². The van der Waals surface area contributed by atoms with E-state index in [2.05, 4.69) is 28.9 Å². The average molecular weight is 558 g/mol. The maximum atomic E-state index is 13.9. The molecule has 0 unspecified atom stereocenters. The van der Waals surface area contributed by atoms with Crippen LogP contribution in [-0.4, -0.2) is 54.2 Å². The highest BCUT2D eigenvalue weighted by molar-refractivity contribution is 6.07. The van der Waals surface area contributed by atoms with Crippen LogP contribution >= 0.6 is 0 Å². The number of nitrogens with zero attached hydrogens (tertiary/aromatic N) is 5. The van der Waals surface area contributed by atoms with Crippen LogP contribution in [0, 0.1) is 19.3 Å². The van der Waals surface area contributed by atoms with Gasteiger partial charge >= 0.3 is 0 Å². The molecule has 1 saturated heterocycles. The maximum absolute atomic E-state index is 13.9. The van der Waals surface area contributed by atoms with Gasteiger partial charge < -0.3 is 4.90 Å². The first-order valence-corrected chi connectivity index (χ1v) is 15.3. The van der Waals surface area contributed by atoms with Crippen LogP contribution < -0.4 is 0 Å². The summed E-state index contributed by atoms with van der Waals surface area (Å²) in [7, 11) is 0. The molecule has 218 valence electrons. The zero-order valence-electron chi connectivity index (χ0n) is 25.2. The van der Waals surface area contributed by atoms with E-state index in [1.165, 1.54) is 39.0 Å². The quantitative estimate of drug-likeness (QED) is 0.178. The van der Waals surface area contributed by atoms with Gasteiger partial charge in [0.05, 0.1) is 11.6 Å². The number of aromatic nitrogens is 4. The highest BCUT2D eigenvalue weighted by Crippen LogP contribution is 2.59. The molecular formula is C33H43N5O3. The van der Waals surface area contributed by atoms with Gasteiger partial charge in [-0.3, -0.25) is 19.1 Å². The van der Waals surface area contributed by atoms with Gasteiger partial charge in [0.1, 0.15) is 18.1 Å². The lowest BCUT2D eigenvalue weighted by Crippen LogP contribution is -2.44. The summed E-state index contributed by atoms with van der Waals surface area (Å²) in [6, 6.07) is 3.71. The topological polar surface area (TPSA) is 98.1 Å². The molecule has 1 aromatic carbocycles. The number of aryl methyl sites for hydroxylation is 2. The molecule has 0 bridgehead atoms.